The van der Waals surface area contributed by atoms with Gasteiger partial charge >= 0.3 is 0 Å². The zero-order chi connectivity index (χ0) is 30.7. The first-order valence-corrected chi connectivity index (χ1v) is 13.0. The molecule has 8 N–H and O–H groups in total. The van der Waals surface area contributed by atoms with E-state index in [4.69, 9.17) is 23.7 Å². The Bertz CT molecular complexity index is 1230. The lowest BCUT2D eigenvalue weighted by Gasteiger charge is -2.45. The maximum Gasteiger partial charge on any atom is 0.229 e. The summed E-state index contributed by atoms with van der Waals surface area (Å²) in [5.41, 5.74) is 0.236. The number of carbonyl (C=O) groups is 1. The third kappa shape index (κ3) is 6.67. The van der Waals surface area contributed by atoms with Gasteiger partial charge in [0, 0.05) is 12.1 Å². The van der Waals surface area contributed by atoms with Crippen molar-refractivity contribution in [3.63, 3.8) is 0 Å². The van der Waals surface area contributed by atoms with Gasteiger partial charge in [-0.1, -0.05) is 18.2 Å². The molecule has 2 aromatic carbocycles. The largest absolute Gasteiger partial charge is 0.507 e. The second-order valence-corrected chi connectivity index (χ2v) is 9.91. The molecule has 2 aromatic rings. The van der Waals surface area contributed by atoms with Crippen LogP contribution in [0, 0.1) is 0 Å². The minimum Gasteiger partial charge on any atom is -0.507 e. The van der Waals surface area contributed by atoms with Crippen LogP contribution in [0.5, 0.6) is 23.0 Å². The van der Waals surface area contributed by atoms with E-state index in [1.807, 2.05) is 0 Å². The SMILES string of the molecule is COc1ccc(/C=C/C(=O)c2c(O)cc(O[C@@H]3OC(CO)[C@@H](O)[C@@H](O)C3O[C@@H]3OC(C)[C@H](O)[C@H](O)C3O)cc2O)cc1. The first-order chi connectivity index (χ1) is 19.9. The molecule has 0 aromatic heterocycles. The Morgan fingerprint density at radius 1 is 0.857 bits per heavy atom. The fraction of sp³-hybridized carbons (Fsp3) is 0.464. The van der Waals surface area contributed by atoms with Crippen LogP contribution < -0.4 is 9.47 Å². The molecule has 0 amide bonds. The molecule has 14 nitrogen and oxygen atoms in total. The van der Waals surface area contributed by atoms with Crippen molar-refractivity contribution in [1.82, 2.24) is 0 Å². The number of benzene rings is 2. The maximum absolute atomic E-state index is 12.7. The topological polar surface area (TPSA) is 225 Å². The van der Waals surface area contributed by atoms with Crippen LogP contribution in [-0.2, 0) is 14.2 Å². The summed E-state index contributed by atoms with van der Waals surface area (Å²) >= 11 is 0. The molecule has 2 aliphatic rings. The van der Waals surface area contributed by atoms with Crippen LogP contribution in [-0.4, -0.2) is 122 Å². The monoisotopic (exact) mass is 594 g/mol. The highest BCUT2D eigenvalue weighted by atomic mass is 16.8. The summed E-state index contributed by atoms with van der Waals surface area (Å²) in [7, 11) is 1.52. The van der Waals surface area contributed by atoms with Crippen LogP contribution in [0.4, 0.5) is 0 Å². The van der Waals surface area contributed by atoms with Crippen LogP contribution in [0.3, 0.4) is 0 Å². The third-order valence-corrected chi connectivity index (χ3v) is 7.04. The lowest BCUT2D eigenvalue weighted by molar-refractivity contribution is -0.354. The number of aliphatic hydroxyl groups excluding tert-OH is 6. The van der Waals surface area contributed by atoms with Crippen molar-refractivity contribution in [1.29, 1.82) is 0 Å². The number of carbonyl (C=O) groups excluding carboxylic acids is 1. The number of methoxy groups -OCH3 is 1. The van der Waals surface area contributed by atoms with E-state index in [0.29, 0.717) is 11.3 Å². The van der Waals surface area contributed by atoms with Gasteiger partial charge in [0.1, 0.15) is 65.2 Å². The van der Waals surface area contributed by atoms with E-state index >= 15 is 0 Å². The van der Waals surface area contributed by atoms with Crippen LogP contribution in [0.1, 0.15) is 22.8 Å². The summed E-state index contributed by atoms with van der Waals surface area (Å²) in [6.07, 6.45) is -12.9. The first-order valence-electron chi connectivity index (χ1n) is 13.0. The smallest absolute Gasteiger partial charge is 0.229 e. The van der Waals surface area contributed by atoms with Gasteiger partial charge in [-0.2, -0.15) is 0 Å². The number of ether oxygens (including phenoxy) is 5. The van der Waals surface area contributed by atoms with Crippen LogP contribution in [0.15, 0.2) is 42.5 Å². The Balaban J connectivity index is 1.54. The zero-order valence-corrected chi connectivity index (χ0v) is 22.6. The first kappa shape index (κ1) is 31.6. The lowest BCUT2D eigenvalue weighted by atomic mass is 9.97. The molecular formula is C28H34O14. The van der Waals surface area contributed by atoms with Gasteiger partial charge in [-0.25, -0.2) is 0 Å². The molecule has 2 heterocycles. The Morgan fingerprint density at radius 2 is 1.50 bits per heavy atom. The van der Waals surface area contributed by atoms with Crippen molar-refractivity contribution in [2.45, 2.75) is 68.3 Å². The average Bonchev–Trinajstić information content (AvgIpc) is 2.97. The summed E-state index contributed by atoms with van der Waals surface area (Å²) in [5, 5.41) is 82.2. The van der Waals surface area contributed by atoms with Crippen molar-refractivity contribution in [2.24, 2.45) is 0 Å². The van der Waals surface area contributed by atoms with Crippen molar-refractivity contribution in [3.8, 4) is 23.0 Å². The summed E-state index contributed by atoms with van der Waals surface area (Å²) < 4.78 is 27.3. The highest BCUT2D eigenvalue weighted by Crippen LogP contribution is 2.36. The van der Waals surface area contributed by atoms with Gasteiger partial charge < -0.3 is 64.5 Å². The number of allylic oxidation sites excluding steroid dienone is 1. The van der Waals surface area contributed by atoms with Gasteiger partial charge in [-0.3, -0.25) is 4.79 Å². The molecule has 42 heavy (non-hydrogen) atoms. The Labute approximate surface area is 240 Å². The second-order valence-electron chi connectivity index (χ2n) is 9.91. The van der Waals surface area contributed by atoms with Crippen molar-refractivity contribution in [3.05, 3.63) is 53.6 Å². The highest BCUT2D eigenvalue weighted by Gasteiger charge is 2.50. The van der Waals surface area contributed by atoms with Gasteiger partial charge in [0.25, 0.3) is 0 Å². The van der Waals surface area contributed by atoms with E-state index in [0.717, 1.165) is 18.2 Å². The Kier molecular flexibility index (Phi) is 10.0. The number of rotatable bonds is 9. The van der Waals surface area contributed by atoms with Crippen LogP contribution in [0.2, 0.25) is 0 Å². The van der Waals surface area contributed by atoms with Crippen molar-refractivity contribution in [2.75, 3.05) is 13.7 Å². The molecule has 2 saturated heterocycles. The number of hydrogen-bond acceptors (Lipinski definition) is 14. The average molecular weight is 595 g/mol. The number of phenolic OH excluding ortho intramolecular Hbond substituents is 2. The van der Waals surface area contributed by atoms with E-state index in [9.17, 15) is 45.6 Å². The molecule has 4 unspecified atom stereocenters. The molecule has 0 bridgehead atoms. The predicted octanol–water partition coefficient (Wildman–Crippen LogP) is -0.967. The van der Waals surface area contributed by atoms with Gasteiger partial charge in [0.05, 0.1) is 19.8 Å². The fourth-order valence-corrected chi connectivity index (χ4v) is 4.59. The van der Waals surface area contributed by atoms with Crippen LogP contribution in [0.25, 0.3) is 6.08 Å². The standard InChI is InChI=1S/C28H34O14/c1-12-21(33)23(35)25(37)27(39-12)42-26-24(36)22(34)19(11-29)41-28(26)40-15-9-17(31)20(18(32)10-15)16(30)8-5-13-3-6-14(38-2)7-4-13/h3-10,12,19,21-29,31-37H,11H2,1-2H3/b8-5+/t12?,19?,21-,22+,23-,24+,25?,26?,27-,28+/m0/s1. The Hall–Kier alpha value is -3.31. The van der Waals surface area contributed by atoms with Gasteiger partial charge in [-0.15, -0.1) is 0 Å². The number of ketones is 1. The molecular weight excluding hydrogens is 560 g/mol. The molecule has 0 aliphatic carbocycles. The Morgan fingerprint density at radius 3 is 2.10 bits per heavy atom. The van der Waals surface area contributed by atoms with Gasteiger partial charge in [0.15, 0.2) is 18.2 Å². The third-order valence-electron chi connectivity index (χ3n) is 7.04. The number of aromatic hydroxyl groups is 2. The molecule has 230 valence electrons. The van der Waals surface area contributed by atoms with E-state index in [2.05, 4.69) is 0 Å². The van der Waals surface area contributed by atoms with E-state index < -0.39 is 90.9 Å². The minimum atomic E-state index is -1.78. The summed E-state index contributed by atoms with van der Waals surface area (Å²) in [5.74, 6) is -1.66. The molecule has 4 rings (SSSR count). The van der Waals surface area contributed by atoms with E-state index in [1.165, 1.54) is 20.1 Å². The summed E-state index contributed by atoms with van der Waals surface area (Å²) in [6.45, 7) is 0.676. The quantitative estimate of drug-likeness (QED) is 0.129. The highest BCUT2D eigenvalue weighted by molar-refractivity contribution is 6.10. The maximum atomic E-state index is 12.7. The van der Waals surface area contributed by atoms with Crippen molar-refractivity contribution < 1.29 is 69.3 Å². The van der Waals surface area contributed by atoms with Crippen LogP contribution >= 0.6 is 0 Å². The molecule has 0 radical (unpaired) electrons. The van der Waals surface area contributed by atoms with Crippen molar-refractivity contribution >= 4 is 11.9 Å². The number of phenols is 2. The van der Waals surface area contributed by atoms with E-state index in [1.54, 1.807) is 24.3 Å². The summed E-state index contributed by atoms with van der Waals surface area (Å²) in [4.78, 5) is 12.7. The predicted molar refractivity (Wildman–Crippen MR) is 142 cm³/mol. The number of aliphatic hydroxyl groups is 6. The molecule has 0 saturated carbocycles. The van der Waals surface area contributed by atoms with Gasteiger partial charge in [0.2, 0.25) is 6.29 Å². The molecule has 10 atom stereocenters. The normalized spacial score (nSPS) is 33.4. The molecule has 0 spiro atoms. The lowest BCUT2D eigenvalue weighted by Crippen LogP contribution is -2.64. The molecule has 2 aliphatic heterocycles. The number of hydrogen-bond donors (Lipinski definition) is 8. The molecule has 14 heteroatoms. The minimum absolute atomic E-state index is 0.256. The summed E-state index contributed by atoms with van der Waals surface area (Å²) in [6, 6.07) is 8.78. The second kappa shape index (κ2) is 13.3. The fourth-order valence-electron chi connectivity index (χ4n) is 4.59. The zero-order valence-electron chi connectivity index (χ0n) is 22.6. The molecule has 2 fully saturated rings. The van der Waals surface area contributed by atoms with Gasteiger partial charge in [-0.05, 0) is 30.7 Å². The van der Waals surface area contributed by atoms with E-state index in [-0.39, 0.29) is 5.75 Å².